The highest BCUT2D eigenvalue weighted by Crippen LogP contribution is 2.74. The van der Waals surface area contributed by atoms with Crippen LogP contribution in [0.15, 0.2) is 71.8 Å². The second kappa shape index (κ2) is 7.90. The van der Waals surface area contributed by atoms with Gasteiger partial charge in [-0.3, -0.25) is 9.80 Å². The lowest BCUT2D eigenvalue weighted by molar-refractivity contribution is -0.184. The predicted molar refractivity (Wildman–Crippen MR) is 174 cm³/mol. The summed E-state index contributed by atoms with van der Waals surface area (Å²) in [4.78, 5) is 11.5. The number of methoxy groups -OCH3 is 1. The molecule has 6 nitrogen and oxygen atoms in total. The zero-order valence-electron chi connectivity index (χ0n) is 26.7. The molecule has 2 aromatic rings. The average molecular weight is 601 g/mol. The molecule has 2 saturated carbocycles. The van der Waals surface area contributed by atoms with Crippen LogP contribution in [0.4, 0.5) is 11.4 Å². The van der Waals surface area contributed by atoms with Crippen LogP contribution < -0.4 is 9.80 Å². The van der Waals surface area contributed by atoms with E-state index in [-0.39, 0.29) is 29.3 Å². The van der Waals surface area contributed by atoms with Crippen molar-refractivity contribution in [2.75, 3.05) is 43.1 Å². The average Bonchev–Trinajstić information content (AvgIpc) is 3.86. The first-order valence-electron chi connectivity index (χ1n) is 17.9. The van der Waals surface area contributed by atoms with Gasteiger partial charge in [-0.1, -0.05) is 59.7 Å². The first-order chi connectivity index (χ1) is 22.1. The van der Waals surface area contributed by atoms with Gasteiger partial charge in [0.05, 0.1) is 12.1 Å². The molecule has 6 saturated heterocycles. The third kappa shape index (κ3) is 2.37. The Morgan fingerprint density at radius 1 is 0.800 bits per heavy atom. The second-order valence-corrected chi connectivity index (χ2v) is 16.1. The number of fused-ring (bicyclic) bond motifs is 10. The van der Waals surface area contributed by atoms with Crippen molar-refractivity contribution in [2.45, 2.75) is 92.6 Å². The summed E-state index contributed by atoms with van der Waals surface area (Å²) >= 11 is 0. The van der Waals surface area contributed by atoms with Crippen molar-refractivity contribution >= 4 is 11.4 Å². The van der Waals surface area contributed by atoms with E-state index in [1.807, 2.05) is 7.11 Å². The number of nitrogens with zero attached hydrogens (tertiary/aromatic N) is 4. The minimum atomic E-state index is -0.453. The fourth-order valence-corrected chi connectivity index (χ4v) is 14.6. The zero-order valence-corrected chi connectivity index (χ0v) is 26.7. The van der Waals surface area contributed by atoms with Crippen LogP contribution in [-0.2, 0) is 20.3 Å². The van der Waals surface area contributed by atoms with E-state index < -0.39 is 5.60 Å². The van der Waals surface area contributed by atoms with Gasteiger partial charge in [-0.2, -0.15) is 0 Å². The molecule has 45 heavy (non-hydrogen) atoms. The van der Waals surface area contributed by atoms with E-state index in [0.29, 0.717) is 35.9 Å². The van der Waals surface area contributed by atoms with Crippen LogP contribution in [0.1, 0.15) is 50.7 Å². The maximum absolute atomic E-state index is 8.15. The molecular weight excluding hydrogens is 556 g/mol. The van der Waals surface area contributed by atoms with Crippen molar-refractivity contribution in [1.29, 1.82) is 0 Å². The molecule has 3 spiro atoms. The highest BCUT2D eigenvalue weighted by Gasteiger charge is 2.84. The molecule has 1 unspecified atom stereocenters. The number of para-hydroxylation sites is 2. The Morgan fingerprint density at radius 2 is 1.44 bits per heavy atom. The van der Waals surface area contributed by atoms with Gasteiger partial charge in [0.15, 0.2) is 6.23 Å². The minimum Gasteiger partial charge on any atom is -0.358 e. The molecule has 6 bridgehead atoms. The fourth-order valence-electron chi connectivity index (χ4n) is 14.6. The first kappa shape index (κ1) is 25.4. The molecule has 0 radical (unpaired) electrons. The van der Waals surface area contributed by atoms with E-state index in [4.69, 9.17) is 9.47 Å². The molecule has 8 heterocycles. The monoisotopic (exact) mass is 600 g/mol. The molecular formula is C39H44N4O2. The predicted octanol–water partition coefficient (Wildman–Crippen LogP) is 5.05. The quantitative estimate of drug-likeness (QED) is 0.427. The Bertz CT molecular complexity index is 1750. The molecule has 2 aliphatic carbocycles. The SMILES string of the molecule is C/C=C1/CN2CC[C@]34c5ccccc5N5[C@H]3C([C@H]1C[C@H]24)[C@@H]1O[C@]2([C@@H]3N1c1ccccc1[C@@]31CCN3C/C(=C/C)[C@@H]2C[C@H]31)[C@H]5OC. The van der Waals surface area contributed by atoms with Gasteiger partial charge in [-0.15, -0.1) is 0 Å². The third-order valence-corrected chi connectivity index (χ3v) is 15.6. The van der Waals surface area contributed by atoms with E-state index in [2.05, 4.69) is 94.1 Å². The smallest absolute Gasteiger partial charge is 0.162 e. The molecule has 10 aliphatic rings. The number of hydrogen-bond acceptors (Lipinski definition) is 6. The van der Waals surface area contributed by atoms with Gasteiger partial charge >= 0.3 is 0 Å². The normalized spacial score (nSPS) is 50.6. The van der Waals surface area contributed by atoms with Gasteiger partial charge in [0.1, 0.15) is 11.8 Å². The summed E-state index contributed by atoms with van der Waals surface area (Å²) in [5.41, 5.74) is 9.05. The van der Waals surface area contributed by atoms with Crippen LogP contribution in [0.3, 0.4) is 0 Å². The topological polar surface area (TPSA) is 31.4 Å². The molecule has 12 rings (SSSR count). The second-order valence-electron chi connectivity index (χ2n) is 16.1. The largest absolute Gasteiger partial charge is 0.358 e. The summed E-state index contributed by atoms with van der Waals surface area (Å²) in [6, 6.07) is 20.9. The van der Waals surface area contributed by atoms with Gasteiger partial charge in [0, 0.05) is 66.3 Å². The Morgan fingerprint density at radius 3 is 2.18 bits per heavy atom. The van der Waals surface area contributed by atoms with Crippen LogP contribution in [0.25, 0.3) is 0 Å². The Balaban J connectivity index is 1.21. The fraction of sp³-hybridized carbons (Fsp3) is 0.590. The maximum atomic E-state index is 8.15. The van der Waals surface area contributed by atoms with Gasteiger partial charge in [0.2, 0.25) is 0 Å². The molecule has 6 heteroatoms. The molecule has 8 aliphatic heterocycles. The number of allylic oxidation sites excluding steroid dienone is 2. The number of benzene rings is 2. The van der Waals surface area contributed by atoms with Crippen molar-refractivity contribution in [2.24, 2.45) is 17.8 Å². The maximum Gasteiger partial charge on any atom is 0.162 e. The lowest BCUT2D eigenvalue weighted by Gasteiger charge is -2.63. The Kier molecular flexibility index (Phi) is 4.47. The van der Waals surface area contributed by atoms with Crippen molar-refractivity contribution in [3.05, 3.63) is 83.0 Å². The van der Waals surface area contributed by atoms with E-state index in [9.17, 15) is 0 Å². The highest BCUT2D eigenvalue weighted by molar-refractivity contribution is 5.74. The van der Waals surface area contributed by atoms with Crippen molar-refractivity contribution in [3.63, 3.8) is 0 Å². The number of piperidine rings is 2. The number of anilines is 2. The van der Waals surface area contributed by atoms with Gasteiger partial charge in [0.25, 0.3) is 0 Å². The van der Waals surface area contributed by atoms with E-state index in [1.165, 1.54) is 50.1 Å². The number of rotatable bonds is 1. The molecule has 0 N–H and O–H groups in total. The Hall–Kier alpha value is -2.64. The molecule has 0 aromatic heterocycles. The summed E-state index contributed by atoms with van der Waals surface area (Å²) in [5.74, 6) is 1.24. The highest BCUT2D eigenvalue weighted by atomic mass is 16.6. The third-order valence-electron chi connectivity index (χ3n) is 15.6. The van der Waals surface area contributed by atoms with Gasteiger partial charge in [-0.05, 0) is 81.8 Å². The lowest BCUT2D eigenvalue weighted by Crippen LogP contribution is -2.77. The van der Waals surface area contributed by atoms with Gasteiger partial charge < -0.3 is 19.3 Å². The summed E-state index contributed by atoms with van der Waals surface area (Å²) < 4.78 is 15.2. The molecule has 0 amide bonds. The molecule has 2 aromatic carbocycles. The van der Waals surface area contributed by atoms with Gasteiger partial charge in [-0.25, -0.2) is 0 Å². The van der Waals surface area contributed by atoms with Crippen molar-refractivity contribution in [1.82, 2.24) is 9.80 Å². The van der Waals surface area contributed by atoms with Crippen molar-refractivity contribution < 1.29 is 9.47 Å². The summed E-state index contributed by atoms with van der Waals surface area (Å²) in [6.07, 6.45) is 9.68. The number of ether oxygens (including phenoxy) is 2. The van der Waals surface area contributed by atoms with E-state index in [0.717, 1.165) is 13.1 Å². The number of hydrogen-bond donors (Lipinski definition) is 0. The van der Waals surface area contributed by atoms with Crippen molar-refractivity contribution in [3.8, 4) is 0 Å². The van der Waals surface area contributed by atoms with E-state index >= 15 is 0 Å². The molecule has 8 fully saturated rings. The standard InChI is InChI=1S/C39H44N4O2/c1-4-22-20-40-16-14-37-25-10-6-8-12-28(25)42-33(37)32(24(22)18-30(37)40)34-43-29-13-9-7-11-26(29)38-15-17-41-21-23(5-2)27(19-31(38)41)39(45-34,35(38)43)36(42)44-3/h4-13,24,27,30-36H,14-21H2,1-3H3/b22-4-,23-5-/t24-,27-,30-,31-,32?,33-,34-,35+,36+,37+,38+,39+/m0/s1. The van der Waals surface area contributed by atoms with E-state index in [1.54, 1.807) is 22.3 Å². The summed E-state index contributed by atoms with van der Waals surface area (Å²) in [7, 11) is 2.01. The molecule has 232 valence electrons. The minimum absolute atomic E-state index is 0.0360. The van der Waals surface area contributed by atoms with Crippen LogP contribution in [0, 0.1) is 17.8 Å². The van der Waals surface area contributed by atoms with Crippen LogP contribution in [-0.4, -0.2) is 85.3 Å². The van der Waals surface area contributed by atoms with Crippen LogP contribution >= 0.6 is 0 Å². The Labute approximate surface area is 266 Å². The van der Waals surface area contributed by atoms with Crippen LogP contribution in [0.2, 0.25) is 0 Å². The zero-order chi connectivity index (χ0) is 29.6. The summed E-state index contributed by atoms with van der Waals surface area (Å²) in [6.45, 7) is 9.15. The van der Waals surface area contributed by atoms with Crippen LogP contribution in [0.5, 0.6) is 0 Å². The lowest BCUT2D eigenvalue weighted by atomic mass is 9.52. The summed E-state index contributed by atoms with van der Waals surface area (Å²) in [5, 5.41) is 0. The first-order valence-corrected chi connectivity index (χ1v) is 17.9. The molecule has 12 atom stereocenters.